The number of aromatic amines is 1. The fraction of sp³-hybridized carbons (Fsp3) is 0.400. The standard InChI is InChI=1S/C15H19N3O/c1-2-4-12(5-3-1)15-13(6-9-19-15)10-16-11-14-17-7-8-18-14/h1-5,7-8,13,15-16H,6,9-11H2,(H,17,18)/t13-,15-/m1/s1. The average molecular weight is 257 g/mol. The van der Waals surface area contributed by atoms with E-state index in [-0.39, 0.29) is 6.10 Å². The first-order chi connectivity index (χ1) is 9.43. The van der Waals surface area contributed by atoms with Crippen LogP contribution in [-0.4, -0.2) is 23.1 Å². The molecule has 2 atom stereocenters. The summed E-state index contributed by atoms with van der Waals surface area (Å²) in [5.41, 5.74) is 1.28. The maximum atomic E-state index is 5.88. The molecule has 4 heteroatoms. The van der Waals surface area contributed by atoms with E-state index in [1.165, 1.54) is 5.56 Å². The molecular weight excluding hydrogens is 238 g/mol. The zero-order valence-electron chi connectivity index (χ0n) is 10.9. The zero-order valence-corrected chi connectivity index (χ0v) is 10.9. The van der Waals surface area contributed by atoms with Crippen molar-refractivity contribution in [3.63, 3.8) is 0 Å². The monoisotopic (exact) mass is 257 g/mol. The van der Waals surface area contributed by atoms with Crippen LogP contribution in [0.25, 0.3) is 0 Å². The molecular formula is C15H19N3O. The van der Waals surface area contributed by atoms with Crippen LogP contribution in [0.3, 0.4) is 0 Å². The lowest BCUT2D eigenvalue weighted by molar-refractivity contribution is 0.0904. The van der Waals surface area contributed by atoms with Crippen LogP contribution in [0.5, 0.6) is 0 Å². The summed E-state index contributed by atoms with van der Waals surface area (Å²) >= 11 is 0. The highest BCUT2D eigenvalue weighted by molar-refractivity contribution is 5.19. The van der Waals surface area contributed by atoms with Gasteiger partial charge in [-0.05, 0) is 12.0 Å². The molecule has 2 aromatic rings. The first kappa shape index (κ1) is 12.4. The quantitative estimate of drug-likeness (QED) is 0.864. The van der Waals surface area contributed by atoms with Crippen molar-refractivity contribution in [1.29, 1.82) is 0 Å². The lowest BCUT2D eigenvalue weighted by Gasteiger charge is -2.19. The van der Waals surface area contributed by atoms with Crippen LogP contribution in [0.4, 0.5) is 0 Å². The van der Waals surface area contributed by atoms with Crippen LogP contribution in [0, 0.1) is 5.92 Å². The van der Waals surface area contributed by atoms with Gasteiger partial charge in [0.25, 0.3) is 0 Å². The Balaban J connectivity index is 1.55. The number of H-pyrrole nitrogens is 1. The molecule has 0 aliphatic carbocycles. The van der Waals surface area contributed by atoms with Gasteiger partial charge in [-0.15, -0.1) is 0 Å². The topological polar surface area (TPSA) is 49.9 Å². The van der Waals surface area contributed by atoms with Gasteiger partial charge in [-0.25, -0.2) is 4.98 Å². The van der Waals surface area contributed by atoms with Crippen molar-refractivity contribution in [2.24, 2.45) is 5.92 Å². The van der Waals surface area contributed by atoms with Crippen molar-refractivity contribution < 1.29 is 4.74 Å². The predicted octanol–water partition coefficient (Wildman–Crippen LogP) is 2.28. The second-order valence-corrected chi connectivity index (χ2v) is 4.92. The first-order valence-corrected chi connectivity index (χ1v) is 6.79. The van der Waals surface area contributed by atoms with E-state index in [1.807, 2.05) is 12.3 Å². The molecule has 3 rings (SSSR count). The number of benzene rings is 1. The molecule has 1 aliphatic heterocycles. The third-order valence-corrected chi connectivity index (χ3v) is 3.60. The van der Waals surface area contributed by atoms with E-state index in [4.69, 9.17) is 4.74 Å². The number of rotatable bonds is 5. The van der Waals surface area contributed by atoms with Crippen LogP contribution in [-0.2, 0) is 11.3 Å². The van der Waals surface area contributed by atoms with Gasteiger partial charge in [-0.2, -0.15) is 0 Å². The van der Waals surface area contributed by atoms with E-state index in [1.54, 1.807) is 6.20 Å². The first-order valence-electron chi connectivity index (χ1n) is 6.79. The van der Waals surface area contributed by atoms with Crippen LogP contribution in [0.15, 0.2) is 42.7 Å². The molecule has 1 aliphatic rings. The Morgan fingerprint density at radius 1 is 1.32 bits per heavy atom. The van der Waals surface area contributed by atoms with Crippen molar-refractivity contribution >= 4 is 0 Å². The SMILES string of the molecule is c1ccc([C@H]2OCC[C@@H]2CNCc2ncc[nH]2)cc1. The normalized spacial score (nSPS) is 22.7. The predicted molar refractivity (Wildman–Crippen MR) is 73.5 cm³/mol. The Morgan fingerprint density at radius 2 is 2.21 bits per heavy atom. The number of imidazole rings is 1. The van der Waals surface area contributed by atoms with Gasteiger partial charge in [0, 0.05) is 31.5 Å². The smallest absolute Gasteiger partial charge is 0.120 e. The highest BCUT2D eigenvalue weighted by atomic mass is 16.5. The van der Waals surface area contributed by atoms with Gasteiger partial charge >= 0.3 is 0 Å². The minimum Gasteiger partial charge on any atom is -0.373 e. The summed E-state index contributed by atoms with van der Waals surface area (Å²) < 4.78 is 5.88. The summed E-state index contributed by atoms with van der Waals surface area (Å²) in [7, 11) is 0. The fourth-order valence-corrected chi connectivity index (χ4v) is 2.62. The van der Waals surface area contributed by atoms with E-state index in [0.717, 1.165) is 31.9 Å². The Morgan fingerprint density at radius 3 is 3.00 bits per heavy atom. The molecule has 19 heavy (non-hydrogen) atoms. The van der Waals surface area contributed by atoms with Gasteiger partial charge in [0.2, 0.25) is 0 Å². The van der Waals surface area contributed by atoms with Gasteiger partial charge in [0.15, 0.2) is 0 Å². The molecule has 4 nitrogen and oxygen atoms in total. The highest BCUT2D eigenvalue weighted by Crippen LogP contribution is 2.33. The van der Waals surface area contributed by atoms with Crippen LogP contribution in [0.2, 0.25) is 0 Å². The van der Waals surface area contributed by atoms with Gasteiger partial charge < -0.3 is 15.0 Å². The molecule has 1 aromatic heterocycles. The molecule has 0 unspecified atom stereocenters. The largest absolute Gasteiger partial charge is 0.373 e. The number of nitrogens with one attached hydrogen (secondary N) is 2. The van der Waals surface area contributed by atoms with E-state index < -0.39 is 0 Å². The summed E-state index contributed by atoms with van der Waals surface area (Å²) in [5, 5.41) is 3.46. The molecule has 1 aromatic carbocycles. The van der Waals surface area contributed by atoms with Crippen molar-refractivity contribution in [1.82, 2.24) is 15.3 Å². The molecule has 0 bridgehead atoms. The second kappa shape index (κ2) is 5.99. The molecule has 0 radical (unpaired) electrons. The van der Waals surface area contributed by atoms with E-state index in [0.29, 0.717) is 5.92 Å². The van der Waals surface area contributed by atoms with E-state index >= 15 is 0 Å². The lowest BCUT2D eigenvalue weighted by Crippen LogP contribution is -2.25. The minimum absolute atomic E-state index is 0.227. The second-order valence-electron chi connectivity index (χ2n) is 4.92. The lowest BCUT2D eigenvalue weighted by atomic mass is 9.95. The summed E-state index contributed by atoms with van der Waals surface area (Å²) in [6.07, 6.45) is 4.97. The molecule has 2 N–H and O–H groups in total. The van der Waals surface area contributed by atoms with Gasteiger partial charge in [-0.3, -0.25) is 0 Å². The molecule has 0 spiro atoms. The third-order valence-electron chi connectivity index (χ3n) is 3.60. The van der Waals surface area contributed by atoms with E-state index in [2.05, 4.69) is 39.6 Å². The Hall–Kier alpha value is -1.65. The Bertz CT molecular complexity index is 483. The van der Waals surface area contributed by atoms with E-state index in [9.17, 15) is 0 Å². The van der Waals surface area contributed by atoms with Gasteiger partial charge in [0.05, 0.1) is 12.6 Å². The van der Waals surface area contributed by atoms with Crippen molar-refractivity contribution in [3.8, 4) is 0 Å². The van der Waals surface area contributed by atoms with Crippen molar-refractivity contribution in [3.05, 3.63) is 54.1 Å². The molecule has 1 saturated heterocycles. The molecule has 0 amide bonds. The highest BCUT2D eigenvalue weighted by Gasteiger charge is 2.28. The van der Waals surface area contributed by atoms with Gasteiger partial charge in [-0.1, -0.05) is 30.3 Å². The molecule has 1 fully saturated rings. The van der Waals surface area contributed by atoms with Crippen molar-refractivity contribution in [2.75, 3.05) is 13.2 Å². The van der Waals surface area contributed by atoms with Gasteiger partial charge in [0.1, 0.15) is 5.82 Å². The number of ether oxygens (including phenoxy) is 1. The minimum atomic E-state index is 0.227. The molecule has 100 valence electrons. The number of hydrogen-bond acceptors (Lipinski definition) is 3. The van der Waals surface area contributed by atoms with Crippen molar-refractivity contribution in [2.45, 2.75) is 19.1 Å². The number of hydrogen-bond donors (Lipinski definition) is 2. The maximum Gasteiger partial charge on any atom is 0.120 e. The molecule has 0 saturated carbocycles. The fourth-order valence-electron chi connectivity index (χ4n) is 2.62. The Kier molecular flexibility index (Phi) is 3.91. The number of aromatic nitrogens is 2. The number of nitrogens with zero attached hydrogens (tertiary/aromatic N) is 1. The Labute approximate surface area is 113 Å². The average Bonchev–Trinajstić information content (AvgIpc) is 3.11. The summed E-state index contributed by atoms with van der Waals surface area (Å²) in [6, 6.07) is 10.5. The summed E-state index contributed by atoms with van der Waals surface area (Å²) in [6.45, 7) is 2.60. The summed E-state index contributed by atoms with van der Waals surface area (Å²) in [4.78, 5) is 7.31. The van der Waals surface area contributed by atoms with Crippen LogP contribution >= 0.6 is 0 Å². The summed E-state index contributed by atoms with van der Waals surface area (Å²) in [5.74, 6) is 1.52. The molecule has 2 heterocycles. The van der Waals surface area contributed by atoms with Crippen LogP contribution in [0.1, 0.15) is 23.9 Å². The zero-order chi connectivity index (χ0) is 12.9. The maximum absolute atomic E-state index is 5.88. The third kappa shape index (κ3) is 3.03. The van der Waals surface area contributed by atoms with Crippen LogP contribution < -0.4 is 5.32 Å².